The van der Waals surface area contributed by atoms with Crippen LogP contribution in [0.5, 0.6) is 0 Å². The van der Waals surface area contributed by atoms with Gasteiger partial charge in [0, 0.05) is 16.1 Å². The second-order valence-electron chi connectivity index (χ2n) is 4.56. The summed E-state index contributed by atoms with van der Waals surface area (Å²) >= 11 is 8.69. The molecule has 0 aliphatic rings. The van der Waals surface area contributed by atoms with Gasteiger partial charge in [-0.25, -0.2) is 15.2 Å². The van der Waals surface area contributed by atoms with Crippen molar-refractivity contribution in [3.63, 3.8) is 0 Å². The fourth-order valence-electron chi connectivity index (χ4n) is 1.76. The van der Waals surface area contributed by atoms with Crippen molar-refractivity contribution in [2.24, 2.45) is 0 Å². The first-order valence-corrected chi connectivity index (χ1v) is 8.88. The van der Waals surface area contributed by atoms with Gasteiger partial charge in [-0.2, -0.15) is 0 Å². The summed E-state index contributed by atoms with van der Waals surface area (Å²) in [5.74, 6) is -0.486. The molecule has 3 aromatic rings. The Morgan fingerprint density at radius 1 is 1.04 bits per heavy atom. The summed E-state index contributed by atoms with van der Waals surface area (Å²) in [6.45, 7) is 0. The maximum Gasteiger partial charge on any atom is 0.337 e. The average Bonchev–Trinajstić information content (AvgIpc) is 3.25. The summed E-state index contributed by atoms with van der Waals surface area (Å²) in [5.41, 5.74) is 5.38. The molecule has 9 heteroatoms. The largest absolute Gasteiger partial charge is 0.337 e. The predicted molar refractivity (Wildman–Crippen MR) is 96.5 cm³/mol. The van der Waals surface area contributed by atoms with Crippen molar-refractivity contribution in [1.82, 2.24) is 15.8 Å². The molecular formula is C15H11ClN4O2S2. The van der Waals surface area contributed by atoms with Crippen LogP contribution < -0.4 is 16.2 Å². The molecule has 0 unspecified atom stereocenters. The Hall–Kier alpha value is -2.42. The molecule has 0 bridgehead atoms. The zero-order valence-electron chi connectivity index (χ0n) is 12.1. The van der Waals surface area contributed by atoms with Crippen LogP contribution in [0.3, 0.4) is 0 Å². The summed E-state index contributed by atoms with van der Waals surface area (Å²) in [5, 5.41) is 7.48. The average molecular weight is 379 g/mol. The molecule has 3 rings (SSSR count). The molecule has 1 aromatic carbocycles. The smallest absolute Gasteiger partial charge is 0.307 e. The molecule has 0 radical (unpaired) electrons. The van der Waals surface area contributed by atoms with E-state index in [4.69, 9.17) is 11.6 Å². The molecule has 3 N–H and O–H groups in total. The van der Waals surface area contributed by atoms with Crippen molar-refractivity contribution in [1.29, 1.82) is 0 Å². The Kier molecular flexibility index (Phi) is 5.09. The fourth-order valence-corrected chi connectivity index (χ4v) is 3.50. The van der Waals surface area contributed by atoms with E-state index in [-0.39, 0.29) is 5.69 Å². The van der Waals surface area contributed by atoms with Crippen molar-refractivity contribution in [2.45, 2.75) is 0 Å². The van der Waals surface area contributed by atoms with Crippen LogP contribution in [-0.4, -0.2) is 16.9 Å². The highest BCUT2D eigenvalue weighted by atomic mass is 35.5. The summed E-state index contributed by atoms with van der Waals surface area (Å²) < 4.78 is 0. The lowest BCUT2D eigenvalue weighted by Gasteiger charge is -2.08. The number of halogens is 1. The molecule has 0 atom stereocenters. The molecule has 0 fully saturated rings. The zero-order chi connectivity index (χ0) is 16.9. The van der Waals surface area contributed by atoms with Crippen LogP contribution in [0.25, 0.3) is 9.88 Å². The third-order valence-corrected chi connectivity index (χ3v) is 4.99. The van der Waals surface area contributed by atoms with Crippen molar-refractivity contribution in [3.05, 3.63) is 57.9 Å². The highest BCUT2D eigenvalue weighted by molar-refractivity contribution is 7.20. The predicted octanol–water partition coefficient (Wildman–Crippen LogP) is 3.99. The molecule has 2 aromatic heterocycles. The van der Waals surface area contributed by atoms with Crippen molar-refractivity contribution in [3.8, 4) is 9.88 Å². The van der Waals surface area contributed by atoms with Crippen molar-refractivity contribution < 1.29 is 9.59 Å². The number of thiophene rings is 1. The molecule has 6 nitrogen and oxygen atoms in total. The topological polar surface area (TPSA) is 83.1 Å². The van der Waals surface area contributed by atoms with E-state index in [9.17, 15) is 9.59 Å². The maximum absolute atomic E-state index is 12.0. The van der Waals surface area contributed by atoms with E-state index in [2.05, 4.69) is 21.2 Å². The SMILES string of the molecule is O=C(NNC(=O)c1csc(-c2cccs2)n1)Nc1ccc(Cl)cc1. The van der Waals surface area contributed by atoms with Gasteiger partial charge in [0.15, 0.2) is 0 Å². The Labute approximate surface area is 150 Å². The first-order valence-electron chi connectivity index (χ1n) is 6.74. The summed E-state index contributed by atoms with van der Waals surface area (Å²) in [6.07, 6.45) is 0. The number of benzene rings is 1. The standard InChI is InChI=1S/C15H11ClN4O2S2/c16-9-3-5-10(6-4-9)17-15(22)20-19-13(21)11-8-24-14(18-11)12-2-1-7-23-12/h1-8H,(H,19,21)(H2,17,20,22). The molecule has 0 spiro atoms. The van der Waals surface area contributed by atoms with Gasteiger partial charge in [0.05, 0.1) is 4.88 Å². The minimum atomic E-state index is -0.570. The second kappa shape index (κ2) is 7.43. The van der Waals surface area contributed by atoms with Gasteiger partial charge in [0.25, 0.3) is 5.91 Å². The van der Waals surface area contributed by atoms with Gasteiger partial charge < -0.3 is 5.32 Å². The van der Waals surface area contributed by atoms with Gasteiger partial charge in [-0.1, -0.05) is 17.7 Å². The number of thiazole rings is 1. The molecule has 0 aliphatic heterocycles. The number of hydrazine groups is 1. The summed E-state index contributed by atoms with van der Waals surface area (Å²) in [4.78, 5) is 29.0. The van der Waals surface area contributed by atoms with Gasteiger partial charge in [-0.05, 0) is 35.7 Å². The highest BCUT2D eigenvalue weighted by Crippen LogP contribution is 2.27. The van der Waals surface area contributed by atoms with E-state index < -0.39 is 11.9 Å². The van der Waals surface area contributed by atoms with Gasteiger partial charge in [0.1, 0.15) is 10.7 Å². The number of carbonyl (C=O) groups is 2. The second-order valence-corrected chi connectivity index (χ2v) is 6.80. The quantitative estimate of drug-likeness (QED) is 0.602. The minimum absolute atomic E-state index is 0.246. The van der Waals surface area contributed by atoms with Crippen LogP contribution in [0.1, 0.15) is 10.5 Å². The zero-order valence-corrected chi connectivity index (χ0v) is 14.5. The molecule has 0 saturated heterocycles. The molecule has 0 aliphatic carbocycles. The number of anilines is 1. The maximum atomic E-state index is 12.0. The van der Waals surface area contributed by atoms with Crippen LogP contribution in [0.2, 0.25) is 5.02 Å². The fraction of sp³-hybridized carbons (Fsp3) is 0. The van der Waals surface area contributed by atoms with E-state index >= 15 is 0 Å². The molecule has 0 saturated carbocycles. The molecular weight excluding hydrogens is 368 g/mol. The van der Waals surface area contributed by atoms with Crippen LogP contribution in [-0.2, 0) is 0 Å². The lowest BCUT2D eigenvalue weighted by Crippen LogP contribution is -2.44. The number of hydrogen-bond acceptors (Lipinski definition) is 5. The minimum Gasteiger partial charge on any atom is -0.307 e. The molecule has 122 valence electrons. The number of rotatable bonds is 3. The van der Waals surface area contributed by atoms with E-state index in [1.54, 1.807) is 41.0 Å². The third kappa shape index (κ3) is 4.10. The normalized spacial score (nSPS) is 10.2. The monoisotopic (exact) mass is 378 g/mol. The Bertz CT molecular complexity index is 847. The lowest BCUT2D eigenvalue weighted by molar-refractivity contribution is 0.0933. The number of urea groups is 1. The van der Waals surface area contributed by atoms with Crippen molar-refractivity contribution >= 4 is 51.9 Å². The van der Waals surface area contributed by atoms with E-state index in [1.165, 1.54) is 11.3 Å². The molecule has 24 heavy (non-hydrogen) atoms. The summed E-state index contributed by atoms with van der Waals surface area (Å²) in [6, 6.07) is 9.88. The number of nitrogens with zero attached hydrogens (tertiary/aromatic N) is 1. The lowest BCUT2D eigenvalue weighted by atomic mass is 10.3. The Morgan fingerprint density at radius 2 is 1.83 bits per heavy atom. The van der Waals surface area contributed by atoms with Gasteiger partial charge in [-0.15, -0.1) is 22.7 Å². The first kappa shape index (κ1) is 16.4. The highest BCUT2D eigenvalue weighted by Gasteiger charge is 2.13. The van der Waals surface area contributed by atoms with Crippen LogP contribution in [0, 0.1) is 0 Å². The number of amides is 3. The summed E-state index contributed by atoms with van der Waals surface area (Å²) in [7, 11) is 0. The number of hydrogen-bond donors (Lipinski definition) is 3. The van der Waals surface area contributed by atoms with Gasteiger partial charge in [0.2, 0.25) is 0 Å². The van der Waals surface area contributed by atoms with Crippen LogP contribution in [0.4, 0.5) is 10.5 Å². The van der Waals surface area contributed by atoms with Gasteiger partial charge in [-0.3, -0.25) is 10.2 Å². The van der Waals surface area contributed by atoms with Gasteiger partial charge >= 0.3 is 6.03 Å². The van der Waals surface area contributed by atoms with E-state index in [0.717, 1.165) is 9.88 Å². The molecule has 3 amide bonds. The molecule has 2 heterocycles. The van der Waals surface area contributed by atoms with E-state index in [0.29, 0.717) is 10.7 Å². The number of aromatic nitrogens is 1. The Balaban J connectivity index is 1.53. The number of nitrogens with one attached hydrogen (secondary N) is 3. The first-order chi connectivity index (χ1) is 11.6. The van der Waals surface area contributed by atoms with Crippen molar-refractivity contribution in [2.75, 3.05) is 5.32 Å². The number of carbonyl (C=O) groups excluding carboxylic acids is 2. The Morgan fingerprint density at radius 3 is 2.54 bits per heavy atom. The van der Waals surface area contributed by atoms with Crippen LogP contribution in [0.15, 0.2) is 47.2 Å². The van der Waals surface area contributed by atoms with Crippen LogP contribution >= 0.6 is 34.3 Å². The van der Waals surface area contributed by atoms with E-state index in [1.807, 2.05) is 17.5 Å². The third-order valence-electron chi connectivity index (χ3n) is 2.86.